The molecular formula is C16H24N4O2. The zero-order valence-electron chi connectivity index (χ0n) is 13.4. The summed E-state index contributed by atoms with van der Waals surface area (Å²) in [5.74, 6) is 2.00. The number of aromatic nitrogens is 3. The van der Waals surface area contributed by atoms with Gasteiger partial charge in [0, 0.05) is 38.2 Å². The average Bonchev–Trinajstić information content (AvgIpc) is 2.82. The molecule has 1 aliphatic heterocycles. The second-order valence-electron chi connectivity index (χ2n) is 6.14. The number of hydrogen-bond donors (Lipinski definition) is 0. The zero-order chi connectivity index (χ0) is 15.5. The molecule has 1 atom stereocenters. The van der Waals surface area contributed by atoms with Crippen LogP contribution in [0.1, 0.15) is 44.3 Å². The van der Waals surface area contributed by atoms with Gasteiger partial charge in [-0.05, 0) is 32.6 Å². The Kier molecular flexibility index (Phi) is 4.57. The molecular weight excluding hydrogens is 280 g/mol. The summed E-state index contributed by atoms with van der Waals surface area (Å²) in [4.78, 5) is 14.8. The van der Waals surface area contributed by atoms with Crippen molar-refractivity contribution in [2.75, 3.05) is 13.7 Å². The van der Waals surface area contributed by atoms with Crippen LogP contribution in [0.15, 0.2) is 11.6 Å². The molecule has 0 unspecified atom stereocenters. The van der Waals surface area contributed by atoms with Gasteiger partial charge in [0.25, 0.3) is 0 Å². The van der Waals surface area contributed by atoms with Crippen molar-refractivity contribution in [1.82, 2.24) is 19.7 Å². The molecule has 22 heavy (non-hydrogen) atoms. The van der Waals surface area contributed by atoms with Gasteiger partial charge in [-0.15, -0.1) is 10.2 Å². The summed E-state index contributed by atoms with van der Waals surface area (Å²) in [7, 11) is 1.66. The second-order valence-corrected chi connectivity index (χ2v) is 6.14. The van der Waals surface area contributed by atoms with Gasteiger partial charge in [-0.2, -0.15) is 0 Å². The number of rotatable bonds is 3. The summed E-state index contributed by atoms with van der Waals surface area (Å²) in [5, 5.41) is 8.47. The molecule has 120 valence electrons. The van der Waals surface area contributed by atoms with Crippen LogP contribution in [0, 0.1) is 0 Å². The molecule has 0 saturated carbocycles. The molecule has 2 aliphatic rings. The third-order valence-corrected chi connectivity index (χ3v) is 4.58. The molecule has 0 radical (unpaired) electrons. The van der Waals surface area contributed by atoms with Crippen molar-refractivity contribution < 1.29 is 9.53 Å². The van der Waals surface area contributed by atoms with Crippen molar-refractivity contribution in [2.45, 2.75) is 58.2 Å². The lowest BCUT2D eigenvalue weighted by atomic mass is 9.98. The van der Waals surface area contributed by atoms with Crippen molar-refractivity contribution >= 4 is 5.91 Å². The highest BCUT2D eigenvalue weighted by molar-refractivity contribution is 5.93. The predicted octanol–water partition coefficient (Wildman–Crippen LogP) is 1.70. The highest BCUT2D eigenvalue weighted by Gasteiger charge is 2.28. The van der Waals surface area contributed by atoms with Crippen molar-refractivity contribution in [2.24, 2.45) is 0 Å². The van der Waals surface area contributed by atoms with E-state index in [0.717, 1.165) is 49.4 Å². The van der Waals surface area contributed by atoms with E-state index >= 15 is 0 Å². The minimum atomic E-state index is 0.149. The van der Waals surface area contributed by atoms with E-state index in [1.807, 2.05) is 4.90 Å². The number of fused-ring (bicyclic) bond motifs is 1. The van der Waals surface area contributed by atoms with Gasteiger partial charge < -0.3 is 14.2 Å². The Morgan fingerprint density at radius 1 is 1.36 bits per heavy atom. The van der Waals surface area contributed by atoms with E-state index in [2.05, 4.69) is 27.8 Å². The smallest absolute Gasteiger partial charge is 0.249 e. The Balaban J connectivity index is 1.76. The maximum Gasteiger partial charge on any atom is 0.249 e. The molecule has 3 rings (SSSR count). The van der Waals surface area contributed by atoms with Gasteiger partial charge in [-0.25, -0.2) is 0 Å². The summed E-state index contributed by atoms with van der Waals surface area (Å²) in [6.45, 7) is 4.01. The molecule has 6 nitrogen and oxygen atoms in total. The standard InChI is InChI=1S/C16H24N4O2/c1-12-10-14-17-18-15(11-22-2)20(14)9-8-19(12)16(21)13-6-4-3-5-7-13/h6,12H,3-5,7-11H2,1-2H3/t12-/m1/s1. The number of carbonyl (C=O) groups is 1. The lowest BCUT2D eigenvalue weighted by Gasteiger charge is -2.28. The number of allylic oxidation sites excluding steroid dienone is 1. The lowest BCUT2D eigenvalue weighted by molar-refractivity contribution is -0.129. The van der Waals surface area contributed by atoms with E-state index in [1.165, 1.54) is 6.42 Å². The molecule has 0 fully saturated rings. The first-order valence-electron chi connectivity index (χ1n) is 8.10. The molecule has 1 aromatic heterocycles. The molecule has 0 bridgehead atoms. The van der Waals surface area contributed by atoms with Gasteiger partial charge in [0.1, 0.15) is 12.4 Å². The summed E-state index contributed by atoms with van der Waals surface area (Å²) in [6.07, 6.45) is 7.16. The van der Waals surface area contributed by atoms with Crippen molar-refractivity contribution in [3.05, 3.63) is 23.3 Å². The number of nitrogens with zero attached hydrogens (tertiary/aromatic N) is 4. The number of carbonyl (C=O) groups excluding carboxylic acids is 1. The first-order chi connectivity index (χ1) is 10.7. The Bertz CT molecular complexity index is 579. The number of ether oxygens (including phenoxy) is 1. The van der Waals surface area contributed by atoms with Gasteiger partial charge in [-0.3, -0.25) is 4.79 Å². The zero-order valence-corrected chi connectivity index (χ0v) is 13.4. The fourth-order valence-electron chi connectivity index (χ4n) is 3.34. The van der Waals surface area contributed by atoms with Crippen LogP contribution in [-0.4, -0.2) is 45.3 Å². The Labute approximate surface area is 131 Å². The van der Waals surface area contributed by atoms with Crippen LogP contribution in [0.4, 0.5) is 0 Å². The molecule has 0 N–H and O–H groups in total. The summed E-state index contributed by atoms with van der Waals surface area (Å²) >= 11 is 0. The molecule has 0 saturated heterocycles. The third-order valence-electron chi connectivity index (χ3n) is 4.58. The largest absolute Gasteiger partial charge is 0.377 e. The van der Waals surface area contributed by atoms with E-state index in [-0.39, 0.29) is 11.9 Å². The highest BCUT2D eigenvalue weighted by atomic mass is 16.5. The Morgan fingerprint density at radius 3 is 2.95 bits per heavy atom. The highest BCUT2D eigenvalue weighted by Crippen LogP contribution is 2.22. The quantitative estimate of drug-likeness (QED) is 0.853. The Hall–Kier alpha value is -1.69. The maximum atomic E-state index is 12.8. The summed E-state index contributed by atoms with van der Waals surface area (Å²) < 4.78 is 7.28. The van der Waals surface area contributed by atoms with Gasteiger partial charge in [0.15, 0.2) is 5.82 Å². The minimum Gasteiger partial charge on any atom is -0.377 e. The van der Waals surface area contributed by atoms with Crippen LogP contribution in [0.5, 0.6) is 0 Å². The van der Waals surface area contributed by atoms with Crippen molar-refractivity contribution in [1.29, 1.82) is 0 Å². The van der Waals surface area contributed by atoms with Gasteiger partial charge >= 0.3 is 0 Å². The summed E-state index contributed by atoms with van der Waals surface area (Å²) in [5.41, 5.74) is 0.993. The Morgan fingerprint density at radius 2 is 2.23 bits per heavy atom. The monoisotopic (exact) mass is 304 g/mol. The van der Waals surface area contributed by atoms with E-state index < -0.39 is 0 Å². The van der Waals surface area contributed by atoms with Crippen molar-refractivity contribution in [3.8, 4) is 0 Å². The predicted molar refractivity (Wildman–Crippen MR) is 82.2 cm³/mol. The van der Waals surface area contributed by atoms with E-state index in [1.54, 1.807) is 7.11 Å². The van der Waals surface area contributed by atoms with E-state index in [9.17, 15) is 4.79 Å². The number of hydrogen-bond acceptors (Lipinski definition) is 4. The molecule has 1 aromatic rings. The maximum absolute atomic E-state index is 12.8. The minimum absolute atomic E-state index is 0.149. The normalized spacial score (nSPS) is 22.0. The average molecular weight is 304 g/mol. The molecule has 6 heteroatoms. The topological polar surface area (TPSA) is 60.3 Å². The van der Waals surface area contributed by atoms with E-state index in [0.29, 0.717) is 13.2 Å². The van der Waals surface area contributed by atoms with Crippen LogP contribution in [0.3, 0.4) is 0 Å². The first kappa shape index (κ1) is 15.2. The SMILES string of the molecule is COCc1nnc2n1CCN(C(=O)C1=CCCCC1)[C@H](C)C2. The van der Waals surface area contributed by atoms with E-state index in [4.69, 9.17) is 4.74 Å². The van der Waals surface area contributed by atoms with Crippen LogP contribution in [0.25, 0.3) is 0 Å². The van der Waals surface area contributed by atoms with Gasteiger partial charge in [0.05, 0.1) is 0 Å². The van der Waals surface area contributed by atoms with Gasteiger partial charge in [0.2, 0.25) is 5.91 Å². The molecule has 0 aromatic carbocycles. The van der Waals surface area contributed by atoms with Crippen LogP contribution >= 0.6 is 0 Å². The van der Waals surface area contributed by atoms with Crippen LogP contribution in [-0.2, 0) is 29.1 Å². The molecule has 2 heterocycles. The molecule has 1 aliphatic carbocycles. The van der Waals surface area contributed by atoms with Gasteiger partial charge in [-0.1, -0.05) is 6.08 Å². The van der Waals surface area contributed by atoms with Crippen LogP contribution < -0.4 is 0 Å². The van der Waals surface area contributed by atoms with Crippen LogP contribution in [0.2, 0.25) is 0 Å². The fourth-order valence-corrected chi connectivity index (χ4v) is 3.34. The molecule has 1 amide bonds. The number of methoxy groups -OCH3 is 1. The first-order valence-corrected chi connectivity index (χ1v) is 8.10. The molecule has 0 spiro atoms. The third kappa shape index (κ3) is 2.92. The van der Waals surface area contributed by atoms with Crippen molar-refractivity contribution in [3.63, 3.8) is 0 Å². The lowest BCUT2D eigenvalue weighted by Crippen LogP contribution is -2.41. The summed E-state index contributed by atoms with van der Waals surface area (Å²) in [6, 6.07) is 0.149. The fraction of sp³-hybridized carbons (Fsp3) is 0.688. The number of amides is 1. The second kappa shape index (κ2) is 6.60.